The molecule has 4 aromatic rings. The average Bonchev–Trinajstić information content (AvgIpc) is 3.25. The fourth-order valence-corrected chi connectivity index (χ4v) is 2.76. The first-order valence-electron chi connectivity index (χ1n) is 8.28. The van der Waals surface area contributed by atoms with Gasteiger partial charge in [0.2, 0.25) is 0 Å². The summed E-state index contributed by atoms with van der Waals surface area (Å²) >= 11 is 0. The molecule has 0 atom stereocenters. The second-order valence-electron chi connectivity index (χ2n) is 5.59. The maximum Gasteiger partial charge on any atom is 0.255 e. The summed E-state index contributed by atoms with van der Waals surface area (Å²) in [6.07, 6.45) is 7.25. The molecular weight excluding hydrogens is 314 g/mol. The summed E-state index contributed by atoms with van der Waals surface area (Å²) in [6, 6.07) is 7.37. The van der Waals surface area contributed by atoms with Gasteiger partial charge in [0.25, 0.3) is 5.56 Å². The van der Waals surface area contributed by atoms with E-state index < -0.39 is 0 Å². The summed E-state index contributed by atoms with van der Waals surface area (Å²) in [6.45, 7) is 5.94. The Morgan fingerprint density at radius 1 is 1.12 bits per heavy atom. The molecule has 0 radical (unpaired) electrons. The van der Waals surface area contributed by atoms with Crippen molar-refractivity contribution >= 4 is 11.0 Å². The molecule has 0 spiro atoms. The van der Waals surface area contributed by atoms with E-state index >= 15 is 0 Å². The van der Waals surface area contributed by atoms with Gasteiger partial charge in [-0.2, -0.15) is 5.10 Å². The normalized spacial score (nSPS) is 10.6. The number of aromatic nitrogens is 5. The SMILES string of the molecule is CC.Cc1cc(=O)n(-c2ccc3nc[nH]c3c2)cc1-c1cnn(C)c1. The number of aryl methyl sites for hydroxylation is 2. The molecule has 0 saturated heterocycles. The zero-order valence-electron chi connectivity index (χ0n) is 14.8. The molecule has 0 saturated carbocycles. The Morgan fingerprint density at radius 3 is 2.64 bits per heavy atom. The van der Waals surface area contributed by atoms with E-state index in [9.17, 15) is 4.79 Å². The topological polar surface area (TPSA) is 68.5 Å². The molecule has 6 heteroatoms. The number of hydrogen-bond donors (Lipinski definition) is 1. The fourth-order valence-electron chi connectivity index (χ4n) is 2.76. The summed E-state index contributed by atoms with van der Waals surface area (Å²) in [5, 5.41) is 4.21. The highest BCUT2D eigenvalue weighted by atomic mass is 16.1. The van der Waals surface area contributed by atoms with E-state index in [1.165, 1.54) is 0 Å². The monoisotopic (exact) mass is 335 g/mol. The Balaban J connectivity index is 0.000000880. The first kappa shape index (κ1) is 16.7. The van der Waals surface area contributed by atoms with Crippen LogP contribution in [-0.2, 0) is 7.05 Å². The van der Waals surface area contributed by atoms with Crippen LogP contribution in [0.5, 0.6) is 0 Å². The highest BCUT2D eigenvalue weighted by Gasteiger charge is 2.10. The lowest BCUT2D eigenvalue weighted by atomic mass is 10.1. The van der Waals surface area contributed by atoms with Crippen LogP contribution in [0.15, 0.2) is 54.0 Å². The molecule has 0 aliphatic heterocycles. The standard InChI is InChI=1S/C17H15N5O.C2H6/c1-11-5-17(23)22(9-14(11)12-7-20-21(2)8-12)13-3-4-15-16(6-13)19-10-18-15;1-2/h3-10H,1-2H3,(H,18,19);1-2H3. The summed E-state index contributed by atoms with van der Waals surface area (Å²) in [5.74, 6) is 0. The van der Waals surface area contributed by atoms with Gasteiger partial charge in [0, 0.05) is 36.6 Å². The van der Waals surface area contributed by atoms with Crippen molar-refractivity contribution in [2.24, 2.45) is 7.05 Å². The molecule has 0 bridgehead atoms. The van der Waals surface area contributed by atoms with Crippen LogP contribution in [0.1, 0.15) is 19.4 Å². The summed E-state index contributed by atoms with van der Waals surface area (Å²) in [4.78, 5) is 19.7. The molecule has 3 heterocycles. The number of benzene rings is 1. The predicted octanol–water partition coefficient (Wildman–Crippen LogP) is 3.45. The van der Waals surface area contributed by atoms with Crippen molar-refractivity contribution in [3.63, 3.8) is 0 Å². The lowest BCUT2D eigenvalue weighted by Gasteiger charge is -2.10. The van der Waals surface area contributed by atoms with E-state index in [0.717, 1.165) is 33.4 Å². The second kappa shape index (κ2) is 6.76. The van der Waals surface area contributed by atoms with Gasteiger partial charge in [0.1, 0.15) is 0 Å². The number of aromatic amines is 1. The minimum Gasteiger partial charge on any atom is -0.345 e. The van der Waals surface area contributed by atoms with E-state index in [2.05, 4.69) is 15.1 Å². The minimum absolute atomic E-state index is 0.0611. The molecule has 0 aliphatic rings. The smallest absolute Gasteiger partial charge is 0.255 e. The van der Waals surface area contributed by atoms with Gasteiger partial charge in [0.05, 0.1) is 29.2 Å². The Bertz CT molecular complexity index is 1070. The lowest BCUT2D eigenvalue weighted by molar-refractivity contribution is 0.768. The third kappa shape index (κ3) is 3.10. The number of hydrogen-bond acceptors (Lipinski definition) is 3. The number of rotatable bonds is 2. The van der Waals surface area contributed by atoms with Gasteiger partial charge in [-0.25, -0.2) is 4.98 Å². The van der Waals surface area contributed by atoms with Gasteiger partial charge in [-0.3, -0.25) is 14.0 Å². The Kier molecular flexibility index (Phi) is 4.52. The number of imidazole rings is 1. The molecule has 0 fully saturated rings. The molecule has 1 aromatic carbocycles. The Hall–Kier alpha value is -3.15. The summed E-state index contributed by atoms with van der Waals surface area (Å²) < 4.78 is 3.40. The first-order valence-corrected chi connectivity index (χ1v) is 8.28. The molecule has 25 heavy (non-hydrogen) atoms. The molecular formula is C19H21N5O. The van der Waals surface area contributed by atoms with Crippen LogP contribution in [0.2, 0.25) is 0 Å². The molecule has 4 rings (SSSR count). The van der Waals surface area contributed by atoms with Gasteiger partial charge in [-0.15, -0.1) is 0 Å². The molecule has 128 valence electrons. The third-order valence-corrected chi connectivity index (χ3v) is 3.96. The summed E-state index contributed by atoms with van der Waals surface area (Å²) in [5.41, 5.74) is 5.43. The zero-order valence-corrected chi connectivity index (χ0v) is 14.8. The van der Waals surface area contributed by atoms with Gasteiger partial charge in [0.15, 0.2) is 0 Å². The van der Waals surface area contributed by atoms with E-state index in [1.54, 1.807) is 27.8 Å². The van der Waals surface area contributed by atoms with Crippen molar-refractivity contribution in [3.8, 4) is 16.8 Å². The second-order valence-corrected chi connectivity index (χ2v) is 5.59. The fraction of sp³-hybridized carbons (Fsp3) is 0.211. The molecule has 1 N–H and O–H groups in total. The molecule has 0 aliphatic carbocycles. The third-order valence-electron chi connectivity index (χ3n) is 3.96. The maximum absolute atomic E-state index is 12.4. The Labute approximate surface area is 145 Å². The molecule has 3 aromatic heterocycles. The van der Waals surface area contributed by atoms with Crippen molar-refractivity contribution < 1.29 is 0 Å². The van der Waals surface area contributed by atoms with Crippen LogP contribution >= 0.6 is 0 Å². The Morgan fingerprint density at radius 2 is 1.92 bits per heavy atom. The van der Waals surface area contributed by atoms with Crippen LogP contribution in [0.3, 0.4) is 0 Å². The molecule has 0 amide bonds. The lowest BCUT2D eigenvalue weighted by Crippen LogP contribution is -2.17. The van der Waals surface area contributed by atoms with Gasteiger partial charge >= 0.3 is 0 Å². The van der Waals surface area contributed by atoms with Crippen molar-refractivity contribution in [2.45, 2.75) is 20.8 Å². The highest BCUT2D eigenvalue weighted by molar-refractivity contribution is 5.77. The van der Waals surface area contributed by atoms with Gasteiger partial charge in [-0.1, -0.05) is 13.8 Å². The number of pyridine rings is 1. The zero-order chi connectivity index (χ0) is 18.0. The van der Waals surface area contributed by atoms with E-state index in [4.69, 9.17) is 0 Å². The number of nitrogens with one attached hydrogen (secondary N) is 1. The van der Waals surface area contributed by atoms with E-state index in [-0.39, 0.29) is 5.56 Å². The van der Waals surface area contributed by atoms with Crippen LogP contribution in [0.25, 0.3) is 27.8 Å². The van der Waals surface area contributed by atoms with E-state index in [0.29, 0.717) is 0 Å². The van der Waals surface area contributed by atoms with Crippen molar-refractivity contribution in [1.29, 1.82) is 0 Å². The number of nitrogens with zero attached hydrogens (tertiary/aromatic N) is 4. The van der Waals surface area contributed by atoms with Gasteiger partial charge in [-0.05, 0) is 30.7 Å². The number of fused-ring (bicyclic) bond motifs is 1. The quantitative estimate of drug-likeness (QED) is 0.610. The van der Waals surface area contributed by atoms with Crippen molar-refractivity contribution in [3.05, 3.63) is 65.1 Å². The minimum atomic E-state index is -0.0611. The van der Waals surface area contributed by atoms with Crippen LogP contribution in [0.4, 0.5) is 0 Å². The molecule has 0 unspecified atom stereocenters. The van der Waals surface area contributed by atoms with E-state index in [1.807, 2.05) is 58.4 Å². The average molecular weight is 335 g/mol. The van der Waals surface area contributed by atoms with Crippen LogP contribution in [-0.4, -0.2) is 24.3 Å². The van der Waals surface area contributed by atoms with Crippen LogP contribution < -0.4 is 5.56 Å². The summed E-state index contributed by atoms with van der Waals surface area (Å²) in [7, 11) is 1.88. The van der Waals surface area contributed by atoms with Crippen molar-refractivity contribution in [2.75, 3.05) is 0 Å². The first-order chi connectivity index (χ1) is 12.1. The largest absolute Gasteiger partial charge is 0.345 e. The maximum atomic E-state index is 12.4. The van der Waals surface area contributed by atoms with Crippen molar-refractivity contribution in [1.82, 2.24) is 24.3 Å². The predicted molar refractivity (Wildman–Crippen MR) is 100.0 cm³/mol. The molecule has 6 nitrogen and oxygen atoms in total. The number of H-pyrrole nitrogens is 1. The van der Waals surface area contributed by atoms with Gasteiger partial charge < -0.3 is 4.98 Å². The highest BCUT2D eigenvalue weighted by Crippen LogP contribution is 2.23. The van der Waals surface area contributed by atoms with Crippen LogP contribution in [0, 0.1) is 6.92 Å².